The van der Waals surface area contributed by atoms with Gasteiger partial charge < -0.3 is 11.5 Å². The lowest BCUT2D eigenvalue weighted by Crippen LogP contribution is -2.01. The van der Waals surface area contributed by atoms with Crippen LogP contribution in [0.5, 0.6) is 0 Å². The molecule has 0 unspecified atom stereocenters. The molecule has 0 bridgehead atoms. The van der Waals surface area contributed by atoms with Gasteiger partial charge in [0.25, 0.3) is 0 Å². The summed E-state index contributed by atoms with van der Waals surface area (Å²) in [5, 5.41) is 1.89. The molecule has 0 fully saturated rings. The van der Waals surface area contributed by atoms with Crippen LogP contribution in [0.4, 0.5) is 11.8 Å². The summed E-state index contributed by atoms with van der Waals surface area (Å²) in [7, 11) is 0. The minimum atomic E-state index is 0.178. The predicted molar refractivity (Wildman–Crippen MR) is 87.6 cm³/mol. The molecule has 0 atom stereocenters. The van der Waals surface area contributed by atoms with Crippen molar-refractivity contribution in [1.29, 1.82) is 0 Å². The van der Waals surface area contributed by atoms with E-state index in [1.807, 2.05) is 30.3 Å². The molecule has 3 aromatic rings. The predicted octanol–water partition coefficient (Wildman–Crippen LogP) is 3.69. The molecule has 0 radical (unpaired) electrons. The van der Waals surface area contributed by atoms with Crippen LogP contribution in [0.2, 0.25) is 10.0 Å². The normalized spacial score (nSPS) is 11.0. The van der Waals surface area contributed by atoms with Crippen LogP contribution in [0.1, 0.15) is 11.1 Å². The summed E-state index contributed by atoms with van der Waals surface area (Å²) in [5.74, 6) is 0.561. The van der Waals surface area contributed by atoms with Crippen LogP contribution in [-0.4, -0.2) is 9.97 Å². The fourth-order valence-electron chi connectivity index (χ4n) is 2.21. The van der Waals surface area contributed by atoms with Crippen molar-refractivity contribution in [3.05, 3.63) is 57.6 Å². The largest absolute Gasteiger partial charge is 0.383 e. The standard InChI is InChI=1S/C15H12Cl2N4/c16-11-3-1-9(7-12(11)17)5-8-2-4-13-10(6-8)14(18)21-15(19)20-13/h1-4,6-7H,5H2,(H4,18,19,20,21). The highest BCUT2D eigenvalue weighted by Gasteiger charge is 2.06. The smallest absolute Gasteiger partial charge is 0.222 e. The van der Waals surface area contributed by atoms with Gasteiger partial charge in [-0.3, -0.25) is 0 Å². The van der Waals surface area contributed by atoms with E-state index in [9.17, 15) is 0 Å². The van der Waals surface area contributed by atoms with E-state index in [0.717, 1.165) is 28.5 Å². The molecule has 106 valence electrons. The maximum absolute atomic E-state index is 6.03. The van der Waals surface area contributed by atoms with Crippen molar-refractivity contribution in [1.82, 2.24) is 9.97 Å². The van der Waals surface area contributed by atoms with Gasteiger partial charge in [0.2, 0.25) is 5.95 Å². The first kappa shape index (κ1) is 13.9. The lowest BCUT2D eigenvalue weighted by atomic mass is 10.0. The highest BCUT2D eigenvalue weighted by Crippen LogP contribution is 2.25. The third-order valence-electron chi connectivity index (χ3n) is 3.20. The molecule has 0 aliphatic rings. The van der Waals surface area contributed by atoms with E-state index in [0.29, 0.717) is 15.9 Å². The van der Waals surface area contributed by atoms with Gasteiger partial charge in [-0.25, -0.2) is 4.98 Å². The second-order valence-electron chi connectivity index (χ2n) is 4.74. The third-order valence-corrected chi connectivity index (χ3v) is 3.94. The Morgan fingerprint density at radius 1 is 0.857 bits per heavy atom. The van der Waals surface area contributed by atoms with Crippen LogP contribution in [0.3, 0.4) is 0 Å². The van der Waals surface area contributed by atoms with Gasteiger partial charge in [0.1, 0.15) is 5.82 Å². The zero-order chi connectivity index (χ0) is 15.0. The molecule has 4 N–H and O–H groups in total. The van der Waals surface area contributed by atoms with E-state index in [1.165, 1.54) is 0 Å². The Kier molecular flexibility index (Phi) is 3.57. The molecule has 0 aliphatic heterocycles. The van der Waals surface area contributed by atoms with Crippen LogP contribution in [0.15, 0.2) is 36.4 Å². The number of benzene rings is 2. The van der Waals surface area contributed by atoms with Crippen LogP contribution >= 0.6 is 23.2 Å². The SMILES string of the molecule is Nc1nc(N)c2cc(Cc3ccc(Cl)c(Cl)c3)ccc2n1. The first-order chi connectivity index (χ1) is 10.0. The highest BCUT2D eigenvalue weighted by molar-refractivity contribution is 6.42. The summed E-state index contributed by atoms with van der Waals surface area (Å²) < 4.78 is 0. The molecule has 4 nitrogen and oxygen atoms in total. The first-order valence-corrected chi connectivity index (χ1v) is 7.04. The molecule has 0 saturated carbocycles. The van der Waals surface area contributed by atoms with Crippen LogP contribution in [0, 0.1) is 0 Å². The van der Waals surface area contributed by atoms with Gasteiger partial charge in [0.15, 0.2) is 0 Å². The molecule has 0 aliphatic carbocycles. The fourth-order valence-corrected chi connectivity index (χ4v) is 2.53. The molecule has 0 amide bonds. The van der Waals surface area contributed by atoms with Crippen molar-refractivity contribution in [2.45, 2.75) is 6.42 Å². The van der Waals surface area contributed by atoms with Crippen molar-refractivity contribution >= 4 is 45.9 Å². The number of anilines is 2. The molecular weight excluding hydrogens is 307 g/mol. The number of halogens is 2. The monoisotopic (exact) mass is 318 g/mol. The van der Waals surface area contributed by atoms with E-state index < -0.39 is 0 Å². The number of rotatable bonds is 2. The van der Waals surface area contributed by atoms with Crippen molar-refractivity contribution in [2.75, 3.05) is 11.5 Å². The van der Waals surface area contributed by atoms with E-state index in [4.69, 9.17) is 34.7 Å². The number of hydrogen-bond donors (Lipinski definition) is 2. The Morgan fingerprint density at radius 3 is 2.33 bits per heavy atom. The molecule has 1 aromatic heterocycles. The molecule has 6 heteroatoms. The molecular formula is C15H12Cl2N4. The minimum absolute atomic E-state index is 0.178. The Morgan fingerprint density at radius 2 is 1.57 bits per heavy atom. The first-order valence-electron chi connectivity index (χ1n) is 6.28. The Bertz CT molecular complexity index is 833. The van der Waals surface area contributed by atoms with Crippen molar-refractivity contribution in [3.63, 3.8) is 0 Å². The summed E-state index contributed by atoms with van der Waals surface area (Å²) in [6.45, 7) is 0. The number of nitrogens with zero attached hydrogens (tertiary/aromatic N) is 2. The summed E-state index contributed by atoms with van der Waals surface area (Å²) >= 11 is 12.0. The Balaban J connectivity index is 1.99. The summed E-state index contributed by atoms with van der Waals surface area (Å²) in [6, 6.07) is 11.4. The zero-order valence-electron chi connectivity index (χ0n) is 11.0. The van der Waals surface area contributed by atoms with Crippen molar-refractivity contribution in [2.24, 2.45) is 0 Å². The number of fused-ring (bicyclic) bond motifs is 1. The lowest BCUT2D eigenvalue weighted by Gasteiger charge is -2.07. The summed E-state index contributed by atoms with van der Waals surface area (Å²) in [5.41, 5.74) is 14.4. The Labute approximate surface area is 131 Å². The molecule has 0 spiro atoms. The average Bonchev–Trinajstić information content (AvgIpc) is 2.43. The van der Waals surface area contributed by atoms with Crippen LogP contribution < -0.4 is 11.5 Å². The number of aromatic nitrogens is 2. The van der Waals surface area contributed by atoms with Gasteiger partial charge >= 0.3 is 0 Å². The van der Waals surface area contributed by atoms with Gasteiger partial charge in [-0.1, -0.05) is 35.3 Å². The maximum atomic E-state index is 6.03. The molecule has 3 rings (SSSR count). The zero-order valence-corrected chi connectivity index (χ0v) is 12.5. The summed E-state index contributed by atoms with van der Waals surface area (Å²) in [6.07, 6.45) is 0.719. The second kappa shape index (κ2) is 5.39. The summed E-state index contributed by atoms with van der Waals surface area (Å²) in [4.78, 5) is 8.14. The van der Waals surface area contributed by atoms with E-state index in [2.05, 4.69) is 9.97 Å². The van der Waals surface area contributed by atoms with Crippen LogP contribution in [-0.2, 0) is 6.42 Å². The highest BCUT2D eigenvalue weighted by atomic mass is 35.5. The fraction of sp³-hybridized carbons (Fsp3) is 0.0667. The molecule has 21 heavy (non-hydrogen) atoms. The molecule has 1 heterocycles. The Hall–Kier alpha value is -2.04. The number of nitrogens with two attached hydrogens (primary N) is 2. The van der Waals surface area contributed by atoms with E-state index in [1.54, 1.807) is 6.07 Å². The van der Waals surface area contributed by atoms with Gasteiger partial charge in [-0.2, -0.15) is 4.98 Å². The van der Waals surface area contributed by atoms with Gasteiger partial charge in [-0.15, -0.1) is 0 Å². The number of nitrogen functional groups attached to an aromatic ring is 2. The van der Waals surface area contributed by atoms with Gasteiger partial charge in [-0.05, 0) is 41.8 Å². The quantitative estimate of drug-likeness (QED) is 0.755. The van der Waals surface area contributed by atoms with Gasteiger partial charge in [0.05, 0.1) is 15.6 Å². The van der Waals surface area contributed by atoms with Crippen molar-refractivity contribution < 1.29 is 0 Å². The third kappa shape index (κ3) is 2.86. The molecule has 2 aromatic carbocycles. The van der Waals surface area contributed by atoms with Crippen molar-refractivity contribution in [3.8, 4) is 0 Å². The van der Waals surface area contributed by atoms with Gasteiger partial charge in [0, 0.05) is 5.39 Å². The maximum Gasteiger partial charge on any atom is 0.222 e. The van der Waals surface area contributed by atoms with Crippen LogP contribution in [0.25, 0.3) is 10.9 Å². The lowest BCUT2D eigenvalue weighted by molar-refractivity contribution is 1.19. The minimum Gasteiger partial charge on any atom is -0.383 e. The van der Waals surface area contributed by atoms with E-state index in [-0.39, 0.29) is 5.95 Å². The average molecular weight is 319 g/mol. The second-order valence-corrected chi connectivity index (χ2v) is 5.56. The topological polar surface area (TPSA) is 77.8 Å². The van der Waals surface area contributed by atoms with E-state index >= 15 is 0 Å². The number of hydrogen-bond acceptors (Lipinski definition) is 4. The molecule has 0 saturated heterocycles.